The van der Waals surface area contributed by atoms with E-state index in [1.54, 1.807) is 6.07 Å². The monoisotopic (exact) mass is 263 g/mol. The van der Waals surface area contributed by atoms with Crippen molar-refractivity contribution in [2.24, 2.45) is 5.92 Å². The summed E-state index contributed by atoms with van der Waals surface area (Å²) in [5.74, 6) is 2.54. The molecule has 19 heavy (non-hydrogen) atoms. The molecule has 1 fully saturated rings. The third kappa shape index (κ3) is 4.08. The van der Waals surface area contributed by atoms with Gasteiger partial charge in [-0.1, -0.05) is 13.8 Å². The Morgan fingerprint density at radius 1 is 1.42 bits per heavy atom. The number of anilines is 2. The first-order valence-corrected chi connectivity index (χ1v) is 6.72. The van der Waals surface area contributed by atoms with Gasteiger partial charge in [-0.2, -0.15) is 0 Å². The summed E-state index contributed by atoms with van der Waals surface area (Å²) in [6.45, 7) is 5.27. The van der Waals surface area contributed by atoms with Gasteiger partial charge >= 0.3 is 0 Å². The van der Waals surface area contributed by atoms with Crippen molar-refractivity contribution < 1.29 is 4.79 Å². The van der Waals surface area contributed by atoms with Crippen LogP contribution in [0.5, 0.6) is 0 Å². The molecule has 4 N–H and O–H groups in total. The van der Waals surface area contributed by atoms with Gasteiger partial charge in [0.1, 0.15) is 17.5 Å². The summed E-state index contributed by atoms with van der Waals surface area (Å²) in [5.41, 5.74) is 5.74. The number of hydrogen-bond donors (Lipinski definition) is 3. The number of amides is 1. The maximum Gasteiger partial charge on any atom is 0.223 e. The Morgan fingerprint density at radius 2 is 2.16 bits per heavy atom. The molecule has 0 radical (unpaired) electrons. The van der Waals surface area contributed by atoms with E-state index in [-0.39, 0.29) is 17.7 Å². The number of nitrogens with two attached hydrogens (primary N) is 1. The van der Waals surface area contributed by atoms with E-state index in [0.717, 1.165) is 18.7 Å². The lowest BCUT2D eigenvalue weighted by molar-refractivity contribution is -0.122. The van der Waals surface area contributed by atoms with Crippen LogP contribution in [-0.4, -0.2) is 29.0 Å². The van der Waals surface area contributed by atoms with Gasteiger partial charge < -0.3 is 16.4 Å². The van der Waals surface area contributed by atoms with Crippen LogP contribution < -0.4 is 16.4 Å². The Labute approximate surface area is 113 Å². The van der Waals surface area contributed by atoms with Crippen molar-refractivity contribution >= 4 is 17.5 Å². The largest absolute Gasteiger partial charge is 0.384 e. The molecule has 0 atom stereocenters. The molecule has 1 aliphatic carbocycles. The summed E-state index contributed by atoms with van der Waals surface area (Å²) in [6, 6.07) is 1.70. The molecule has 0 saturated heterocycles. The summed E-state index contributed by atoms with van der Waals surface area (Å²) in [4.78, 5) is 20.0. The number of aromatic nitrogens is 2. The van der Waals surface area contributed by atoms with E-state index in [1.807, 2.05) is 13.8 Å². The van der Waals surface area contributed by atoms with Gasteiger partial charge in [-0.3, -0.25) is 4.79 Å². The van der Waals surface area contributed by atoms with Gasteiger partial charge in [0.2, 0.25) is 5.91 Å². The van der Waals surface area contributed by atoms with Gasteiger partial charge in [0.05, 0.1) is 0 Å². The minimum absolute atomic E-state index is 0.159. The fraction of sp³-hybridized carbons (Fsp3) is 0.615. The molecule has 1 saturated carbocycles. The van der Waals surface area contributed by atoms with Crippen LogP contribution in [-0.2, 0) is 4.79 Å². The molecule has 6 nitrogen and oxygen atoms in total. The van der Waals surface area contributed by atoms with E-state index >= 15 is 0 Å². The summed E-state index contributed by atoms with van der Waals surface area (Å²) in [6.07, 6.45) is 2.05. The number of carbonyl (C=O) groups is 1. The van der Waals surface area contributed by atoms with E-state index in [0.29, 0.717) is 24.7 Å². The molecule has 1 amide bonds. The summed E-state index contributed by atoms with van der Waals surface area (Å²) >= 11 is 0. The second kappa shape index (κ2) is 5.86. The topological polar surface area (TPSA) is 92.9 Å². The molecule has 2 rings (SSSR count). The lowest BCUT2D eigenvalue weighted by Gasteiger charge is -2.10. The highest BCUT2D eigenvalue weighted by Gasteiger charge is 2.28. The third-order valence-electron chi connectivity index (χ3n) is 2.96. The van der Waals surface area contributed by atoms with E-state index < -0.39 is 0 Å². The summed E-state index contributed by atoms with van der Waals surface area (Å²) < 4.78 is 0. The number of nitrogens with zero attached hydrogens (tertiary/aromatic N) is 2. The fourth-order valence-electron chi connectivity index (χ4n) is 1.70. The van der Waals surface area contributed by atoms with Gasteiger partial charge in [0, 0.05) is 31.0 Å². The Bertz CT molecular complexity index is 456. The molecule has 0 spiro atoms. The smallest absolute Gasteiger partial charge is 0.223 e. The summed E-state index contributed by atoms with van der Waals surface area (Å²) in [7, 11) is 0. The van der Waals surface area contributed by atoms with Crippen LogP contribution in [0.15, 0.2) is 6.07 Å². The standard InChI is InChI=1S/C13H21N5O/c1-8(2)12-17-10(14)7-11(18-12)15-5-6-16-13(19)9-3-4-9/h7-9H,3-6H2,1-2H3,(H,16,19)(H3,14,15,17,18). The quantitative estimate of drug-likeness (QED) is 0.669. The molecule has 1 aromatic rings. The molecular formula is C13H21N5O. The molecule has 0 aromatic carbocycles. The van der Waals surface area contributed by atoms with E-state index in [9.17, 15) is 4.79 Å². The number of hydrogen-bond acceptors (Lipinski definition) is 5. The van der Waals surface area contributed by atoms with Crippen LogP contribution in [0.3, 0.4) is 0 Å². The van der Waals surface area contributed by atoms with Crippen LogP contribution in [0.4, 0.5) is 11.6 Å². The molecule has 1 aromatic heterocycles. The Kier molecular flexibility index (Phi) is 4.19. The lowest BCUT2D eigenvalue weighted by Crippen LogP contribution is -2.30. The average Bonchev–Trinajstić information content (AvgIpc) is 3.17. The van der Waals surface area contributed by atoms with Crippen LogP contribution in [0.1, 0.15) is 38.4 Å². The van der Waals surface area contributed by atoms with Gasteiger partial charge in [-0.25, -0.2) is 9.97 Å². The molecule has 1 heterocycles. The minimum Gasteiger partial charge on any atom is -0.384 e. The van der Waals surface area contributed by atoms with Gasteiger partial charge in [0.15, 0.2) is 0 Å². The molecule has 1 aliphatic rings. The van der Waals surface area contributed by atoms with E-state index in [1.165, 1.54) is 0 Å². The highest BCUT2D eigenvalue weighted by Crippen LogP contribution is 2.28. The first-order valence-electron chi connectivity index (χ1n) is 6.72. The second-order valence-electron chi connectivity index (χ2n) is 5.18. The highest BCUT2D eigenvalue weighted by atomic mass is 16.2. The summed E-state index contributed by atoms with van der Waals surface area (Å²) in [5, 5.41) is 6.04. The van der Waals surface area contributed by atoms with Crippen molar-refractivity contribution in [3.05, 3.63) is 11.9 Å². The minimum atomic E-state index is 0.159. The Balaban J connectivity index is 1.80. The van der Waals surface area contributed by atoms with Crippen LogP contribution in [0.2, 0.25) is 0 Å². The highest BCUT2D eigenvalue weighted by molar-refractivity contribution is 5.80. The molecule has 104 valence electrons. The van der Waals surface area contributed by atoms with Gasteiger partial charge in [0.25, 0.3) is 0 Å². The predicted molar refractivity (Wildman–Crippen MR) is 74.8 cm³/mol. The SMILES string of the molecule is CC(C)c1nc(N)cc(NCCNC(=O)C2CC2)n1. The fourth-order valence-corrected chi connectivity index (χ4v) is 1.70. The van der Waals surface area contributed by atoms with Crippen molar-refractivity contribution in [3.8, 4) is 0 Å². The molecule has 0 bridgehead atoms. The number of carbonyl (C=O) groups excluding carboxylic acids is 1. The molecular weight excluding hydrogens is 242 g/mol. The van der Waals surface area contributed by atoms with Crippen molar-refractivity contribution in [1.29, 1.82) is 0 Å². The average molecular weight is 263 g/mol. The zero-order chi connectivity index (χ0) is 13.8. The van der Waals surface area contributed by atoms with Crippen molar-refractivity contribution in [3.63, 3.8) is 0 Å². The van der Waals surface area contributed by atoms with Crippen LogP contribution in [0, 0.1) is 5.92 Å². The zero-order valence-electron chi connectivity index (χ0n) is 11.4. The predicted octanol–water partition coefficient (Wildman–Crippen LogP) is 1.12. The first-order chi connectivity index (χ1) is 9.06. The second-order valence-corrected chi connectivity index (χ2v) is 5.18. The van der Waals surface area contributed by atoms with Crippen molar-refractivity contribution in [1.82, 2.24) is 15.3 Å². The van der Waals surface area contributed by atoms with Crippen molar-refractivity contribution in [2.75, 3.05) is 24.1 Å². The van der Waals surface area contributed by atoms with E-state index in [4.69, 9.17) is 5.73 Å². The maximum absolute atomic E-state index is 11.4. The van der Waals surface area contributed by atoms with Crippen molar-refractivity contribution in [2.45, 2.75) is 32.6 Å². The number of nitrogens with one attached hydrogen (secondary N) is 2. The first kappa shape index (κ1) is 13.6. The number of nitrogen functional groups attached to an aromatic ring is 1. The van der Waals surface area contributed by atoms with Crippen LogP contribution in [0.25, 0.3) is 0 Å². The van der Waals surface area contributed by atoms with Gasteiger partial charge in [-0.05, 0) is 12.8 Å². The number of rotatable bonds is 6. The Hall–Kier alpha value is -1.85. The van der Waals surface area contributed by atoms with Gasteiger partial charge in [-0.15, -0.1) is 0 Å². The Morgan fingerprint density at radius 3 is 2.79 bits per heavy atom. The molecule has 0 aliphatic heterocycles. The normalized spacial score (nSPS) is 14.5. The zero-order valence-corrected chi connectivity index (χ0v) is 11.4. The van der Waals surface area contributed by atoms with E-state index in [2.05, 4.69) is 20.6 Å². The van der Waals surface area contributed by atoms with Crippen LogP contribution >= 0.6 is 0 Å². The third-order valence-corrected chi connectivity index (χ3v) is 2.96. The lowest BCUT2D eigenvalue weighted by atomic mass is 10.2. The maximum atomic E-state index is 11.4. The molecule has 0 unspecified atom stereocenters. The molecule has 6 heteroatoms.